The van der Waals surface area contributed by atoms with E-state index in [4.69, 9.17) is 0 Å². The van der Waals surface area contributed by atoms with Crippen molar-refractivity contribution in [2.75, 3.05) is 11.9 Å². The lowest BCUT2D eigenvalue weighted by Crippen LogP contribution is -2.26. The number of carbonyl (C=O) groups excluding carboxylic acids is 1. The first-order valence-electron chi connectivity index (χ1n) is 8.52. The van der Waals surface area contributed by atoms with Gasteiger partial charge < -0.3 is 0 Å². The van der Waals surface area contributed by atoms with E-state index in [-0.39, 0.29) is 5.91 Å². The van der Waals surface area contributed by atoms with Crippen molar-refractivity contribution < 1.29 is 4.79 Å². The summed E-state index contributed by atoms with van der Waals surface area (Å²) in [5.41, 5.74) is 3.18. The first-order valence-corrected chi connectivity index (χ1v) is 10.1. The number of rotatable bonds is 4. The summed E-state index contributed by atoms with van der Waals surface area (Å²) >= 11 is 4.80. The first-order chi connectivity index (χ1) is 13.5. The Morgan fingerprint density at radius 3 is 2.50 bits per heavy atom. The lowest BCUT2D eigenvalue weighted by Gasteiger charge is -2.12. The number of carbonyl (C=O) groups is 1. The van der Waals surface area contributed by atoms with E-state index >= 15 is 0 Å². The van der Waals surface area contributed by atoms with Gasteiger partial charge in [-0.05, 0) is 31.2 Å². The fraction of sp³-hybridized carbons (Fsp3) is 0.100. The molecule has 140 valence electrons. The van der Waals surface area contributed by atoms with Crippen molar-refractivity contribution in [3.63, 3.8) is 0 Å². The summed E-state index contributed by atoms with van der Waals surface area (Å²) in [5.74, 6) is -0.168. The van der Waals surface area contributed by atoms with Gasteiger partial charge in [-0.1, -0.05) is 57.6 Å². The molecule has 0 aliphatic carbocycles. The highest BCUT2D eigenvalue weighted by atomic mass is 79.9. The van der Waals surface area contributed by atoms with E-state index < -0.39 is 0 Å². The molecule has 0 aliphatic rings. The number of hydrogen-bond donors (Lipinski definition) is 0. The molecule has 2 heterocycles. The molecule has 0 atom stereocenters. The highest BCUT2D eigenvalue weighted by Gasteiger charge is 2.22. The second-order valence-corrected chi connectivity index (χ2v) is 8.02. The molecule has 8 heteroatoms. The van der Waals surface area contributed by atoms with Crippen molar-refractivity contribution in [1.82, 2.24) is 20.0 Å². The van der Waals surface area contributed by atoms with Crippen molar-refractivity contribution in [3.8, 4) is 16.3 Å². The molecule has 0 bridgehead atoms. The average Bonchev–Trinajstić information content (AvgIpc) is 3.35. The maximum absolute atomic E-state index is 13.0. The Balaban J connectivity index is 1.59. The minimum absolute atomic E-state index is 0.168. The lowest BCUT2D eigenvalue weighted by atomic mass is 10.2. The maximum atomic E-state index is 13.0. The average molecular weight is 454 g/mol. The summed E-state index contributed by atoms with van der Waals surface area (Å²) in [6, 6.07) is 17.6. The van der Waals surface area contributed by atoms with Crippen molar-refractivity contribution in [3.05, 3.63) is 76.5 Å². The van der Waals surface area contributed by atoms with Crippen molar-refractivity contribution in [2.45, 2.75) is 6.92 Å². The third-order valence-corrected chi connectivity index (χ3v) is 5.92. The van der Waals surface area contributed by atoms with Crippen LogP contribution in [0.2, 0.25) is 0 Å². The molecule has 4 aromatic rings. The van der Waals surface area contributed by atoms with Gasteiger partial charge in [0, 0.05) is 17.1 Å². The highest BCUT2D eigenvalue weighted by Crippen LogP contribution is 2.30. The van der Waals surface area contributed by atoms with Crippen LogP contribution in [-0.4, -0.2) is 32.9 Å². The van der Waals surface area contributed by atoms with Crippen LogP contribution >= 0.6 is 27.3 Å². The van der Waals surface area contributed by atoms with Gasteiger partial charge >= 0.3 is 0 Å². The Kier molecular flexibility index (Phi) is 5.06. The summed E-state index contributed by atoms with van der Waals surface area (Å²) in [7, 11) is 1.70. The largest absolute Gasteiger partial charge is 0.286 e. The van der Waals surface area contributed by atoms with Crippen LogP contribution in [0.25, 0.3) is 16.3 Å². The van der Waals surface area contributed by atoms with Gasteiger partial charge in [0.1, 0.15) is 5.01 Å². The number of amides is 1. The van der Waals surface area contributed by atoms with Crippen LogP contribution in [0.1, 0.15) is 16.1 Å². The molecule has 0 saturated heterocycles. The SMILES string of the molecule is Cc1c(C(=O)N(C)c2nnc(-c3ccc(Br)cc3)s2)cnn1-c1ccccc1. The fourth-order valence-corrected chi connectivity index (χ4v) is 3.85. The number of halogens is 1. The molecule has 28 heavy (non-hydrogen) atoms. The van der Waals surface area contributed by atoms with Crippen molar-refractivity contribution >= 4 is 38.3 Å². The first kappa shape index (κ1) is 18.5. The molecular formula is C20H16BrN5OS. The fourth-order valence-electron chi connectivity index (χ4n) is 2.78. The Morgan fingerprint density at radius 2 is 1.79 bits per heavy atom. The zero-order valence-electron chi connectivity index (χ0n) is 15.2. The summed E-state index contributed by atoms with van der Waals surface area (Å²) < 4.78 is 2.76. The predicted molar refractivity (Wildman–Crippen MR) is 114 cm³/mol. The predicted octanol–water partition coefficient (Wildman–Crippen LogP) is 4.74. The van der Waals surface area contributed by atoms with Gasteiger partial charge in [0.25, 0.3) is 5.91 Å². The van der Waals surface area contributed by atoms with Gasteiger partial charge in [-0.25, -0.2) is 4.68 Å². The summed E-state index contributed by atoms with van der Waals surface area (Å²) in [5, 5.41) is 14.1. The van der Waals surface area contributed by atoms with E-state index in [1.165, 1.54) is 16.2 Å². The van der Waals surface area contributed by atoms with Crippen LogP contribution in [-0.2, 0) is 0 Å². The molecule has 0 fully saturated rings. The number of benzene rings is 2. The molecule has 4 rings (SSSR count). The molecule has 0 unspecified atom stereocenters. The van der Waals surface area contributed by atoms with Crippen LogP contribution in [0, 0.1) is 6.92 Å². The number of nitrogens with zero attached hydrogens (tertiary/aromatic N) is 5. The molecule has 0 saturated carbocycles. The quantitative estimate of drug-likeness (QED) is 0.447. The third-order valence-electron chi connectivity index (χ3n) is 4.34. The smallest absolute Gasteiger partial charge is 0.263 e. The zero-order chi connectivity index (χ0) is 19.7. The minimum Gasteiger partial charge on any atom is -0.286 e. The molecule has 1 amide bonds. The van der Waals surface area contributed by atoms with Gasteiger partial charge in [0.05, 0.1) is 23.1 Å². The number of aromatic nitrogens is 4. The molecule has 2 aromatic heterocycles. The zero-order valence-corrected chi connectivity index (χ0v) is 17.6. The Bertz CT molecular complexity index is 1120. The summed E-state index contributed by atoms with van der Waals surface area (Å²) in [6.07, 6.45) is 1.60. The standard InChI is InChI=1S/C20H16BrN5OS/c1-13-17(12-22-26(13)16-6-4-3-5-7-16)19(27)25(2)20-24-23-18(28-20)14-8-10-15(21)11-9-14/h3-12H,1-2H3. The van der Waals surface area contributed by atoms with Gasteiger partial charge in [-0.2, -0.15) is 5.10 Å². The van der Waals surface area contributed by atoms with Gasteiger partial charge in [-0.3, -0.25) is 9.69 Å². The highest BCUT2D eigenvalue weighted by molar-refractivity contribution is 9.10. The topological polar surface area (TPSA) is 63.9 Å². The number of hydrogen-bond acceptors (Lipinski definition) is 5. The van der Waals surface area contributed by atoms with E-state index in [2.05, 4.69) is 31.2 Å². The second kappa shape index (κ2) is 7.65. The Hall–Kier alpha value is -2.84. The monoisotopic (exact) mass is 453 g/mol. The molecule has 6 nitrogen and oxygen atoms in total. The van der Waals surface area contributed by atoms with Gasteiger partial charge in [0.15, 0.2) is 0 Å². The van der Waals surface area contributed by atoms with Crippen LogP contribution < -0.4 is 4.90 Å². The van der Waals surface area contributed by atoms with E-state index in [9.17, 15) is 4.79 Å². The van der Waals surface area contributed by atoms with E-state index in [1.54, 1.807) is 17.9 Å². The summed E-state index contributed by atoms with van der Waals surface area (Å²) in [6.45, 7) is 1.88. The number of para-hydroxylation sites is 1. The molecule has 0 aliphatic heterocycles. The molecule has 0 spiro atoms. The third kappa shape index (κ3) is 3.48. The number of anilines is 1. The van der Waals surface area contributed by atoms with Gasteiger partial charge in [-0.15, -0.1) is 10.2 Å². The molecule has 2 aromatic carbocycles. The normalized spacial score (nSPS) is 10.8. The van der Waals surface area contributed by atoms with E-state index in [0.717, 1.165) is 26.4 Å². The van der Waals surface area contributed by atoms with Gasteiger partial charge in [0.2, 0.25) is 5.13 Å². The van der Waals surface area contributed by atoms with Crippen LogP contribution in [0.4, 0.5) is 5.13 Å². The van der Waals surface area contributed by atoms with Crippen molar-refractivity contribution in [1.29, 1.82) is 0 Å². The molecular weight excluding hydrogens is 438 g/mol. The molecule has 0 radical (unpaired) electrons. The summed E-state index contributed by atoms with van der Waals surface area (Å²) in [4.78, 5) is 14.5. The van der Waals surface area contributed by atoms with Crippen LogP contribution in [0.15, 0.2) is 65.3 Å². The molecule has 0 N–H and O–H groups in total. The van der Waals surface area contributed by atoms with Crippen LogP contribution in [0.3, 0.4) is 0 Å². The van der Waals surface area contributed by atoms with Crippen LogP contribution in [0.5, 0.6) is 0 Å². The van der Waals surface area contributed by atoms with E-state index in [0.29, 0.717) is 10.7 Å². The minimum atomic E-state index is -0.168. The van der Waals surface area contributed by atoms with Crippen molar-refractivity contribution in [2.24, 2.45) is 0 Å². The lowest BCUT2D eigenvalue weighted by molar-refractivity contribution is 0.0992. The maximum Gasteiger partial charge on any atom is 0.263 e. The second-order valence-electron chi connectivity index (χ2n) is 6.15. The Labute approximate surface area is 174 Å². The van der Waals surface area contributed by atoms with E-state index in [1.807, 2.05) is 61.5 Å². The Morgan fingerprint density at radius 1 is 1.07 bits per heavy atom.